The summed E-state index contributed by atoms with van der Waals surface area (Å²) < 4.78 is 0. The predicted molar refractivity (Wildman–Crippen MR) is 115 cm³/mol. The first-order valence-corrected chi connectivity index (χ1v) is 15.1. The summed E-state index contributed by atoms with van der Waals surface area (Å²) in [6.07, 6.45) is 8.85. The molecule has 0 heterocycles. The Morgan fingerprint density at radius 1 is 0.640 bits per heavy atom. The summed E-state index contributed by atoms with van der Waals surface area (Å²) in [6, 6.07) is 0. The minimum atomic E-state index is -1.65. The topological polar surface area (TPSA) is 0 Å². The van der Waals surface area contributed by atoms with Crippen LogP contribution >= 0.6 is 11.1 Å². The van der Waals surface area contributed by atoms with E-state index in [0.717, 1.165) is 41.0 Å². The molecule has 146 valence electrons. The fourth-order valence-corrected chi connectivity index (χ4v) is 11.0. The minimum Gasteiger partial charge on any atom is -0.167 e. The van der Waals surface area contributed by atoms with Gasteiger partial charge in [0, 0.05) is 0 Å². The van der Waals surface area contributed by atoms with Crippen LogP contribution in [0.15, 0.2) is 0 Å². The Morgan fingerprint density at radius 2 is 1.00 bits per heavy atom. The van der Waals surface area contributed by atoms with Gasteiger partial charge in [0.05, 0.1) is 0 Å². The third kappa shape index (κ3) is 3.89. The maximum Gasteiger partial charge on any atom is 0.154 e. The van der Waals surface area contributed by atoms with Crippen LogP contribution in [-0.4, -0.2) is 7.38 Å². The fraction of sp³-hybridized carbons (Fsp3) is 1.00. The lowest BCUT2D eigenvalue weighted by atomic mass is 9.62. The first-order valence-electron chi connectivity index (χ1n) is 11.0. The molecule has 0 aromatic heterocycles. The number of hydrogen-bond acceptors (Lipinski definition) is 0. The van der Waals surface area contributed by atoms with E-state index in [1.165, 1.54) is 38.5 Å². The quantitative estimate of drug-likeness (QED) is 0.318. The summed E-state index contributed by atoms with van der Waals surface area (Å²) in [5.41, 5.74) is 1.80. The zero-order chi connectivity index (χ0) is 18.8. The van der Waals surface area contributed by atoms with Crippen LogP contribution in [0.1, 0.15) is 80.1 Å². The summed E-state index contributed by atoms with van der Waals surface area (Å²) in [5, 5.41) is 0. The van der Waals surface area contributed by atoms with E-state index >= 15 is 0 Å². The molecule has 2 heteroatoms. The second kappa shape index (κ2) is 6.54. The van der Waals surface area contributed by atoms with Crippen LogP contribution in [0, 0.1) is 46.3 Å². The van der Waals surface area contributed by atoms with E-state index in [1.54, 1.807) is 0 Å². The minimum absolute atomic E-state index is 0.467. The molecule has 3 saturated carbocycles. The first-order chi connectivity index (χ1) is 11.3. The van der Waals surface area contributed by atoms with Crippen molar-refractivity contribution in [2.24, 2.45) is 46.3 Å². The lowest BCUT2D eigenvalue weighted by molar-refractivity contribution is 0.0722. The average Bonchev–Trinajstić information content (AvgIpc) is 2.77. The molecule has 25 heavy (non-hydrogen) atoms. The molecule has 0 aromatic carbocycles. The molecule has 0 aromatic rings. The maximum atomic E-state index is 7.24. The van der Waals surface area contributed by atoms with Crippen LogP contribution in [0.25, 0.3) is 0 Å². The molecule has 3 rings (SSSR count). The summed E-state index contributed by atoms with van der Waals surface area (Å²) >= 11 is 7.24. The van der Waals surface area contributed by atoms with Gasteiger partial charge in [0.2, 0.25) is 0 Å². The average molecular weight is 383 g/mol. The zero-order valence-electron chi connectivity index (χ0n) is 18.2. The Bertz CT molecular complexity index is 440. The van der Waals surface area contributed by atoms with Crippen LogP contribution in [0.2, 0.25) is 18.6 Å². The molecule has 0 N–H and O–H groups in total. The zero-order valence-corrected chi connectivity index (χ0v) is 19.9. The van der Waals surface area contributed by atoms with Crippen molar-refractivity contribution in [1.82, 2.24) is 0 Å². The monoisotopic (exact) mass is 382 g/mol. The van der Waals surface area contributed by atoms with E-state index in [2.05, 4.69) is 54.6 Å². The van der Waals surface area contributed by atoms with Gasteiger partial charge in [0.15, 0.2) is 7.38 Å². The van der Waals surface area contributed by atoms with Crippen molar-refractivity contribution in [1.29, 1.82) is 0 Å². The Morgan fingerprint density at radius 3 is 1.28 bits per heavy atom. The van der Waals surface area contributed by atoms with Gasteiger partial charge in [-0.15, -0.1) is 0 Å². The van der Waals surface area contributed by atoms with Crippen LogP contribution in [0.3, 0.4) is 0 Å². The molecule has 0 amide bonds. The summed E-state index contributed by atoms with van der Waals surface area (Å²) in [7, 11) is -1.65. The van der Waals surface area contributed by atoms with E-state index < -0.39 is 7.38 Å². The molecule has 0 bridgehead atoms. The van der Waals surface area contributed by atoms with Crippen LogP contribution in [-0.2, 0) is 0 Å². The maximum absolute atomic E-state index is 7.24. The highest BCUT2D eigenvalue weighted by atomic mass is 35.6. The van der Waals surface area contributed by atoms with Crippen molar-refractivity contribution in [3.8, 4) is 0 Å². The highest BCUT2D eigenvalue weighted by Gasteiger charge is 2.58. The lowest BCUT2D eigenvalue weighted by Gasteiger charge is -2.43. The van der Waals surface area contributed by atoms with Gasteiger partial charge in [-0.3, -0.25) is 0 Å². The Labute approximate surface area is 163 Å². The van der Waals surface area contributed by atoms with Crippen LogP contribution in [0.5, 0.6) is 0 Å². The van der Waals surface area contributed by atoms with Gasteiger partial charge in [-0.05, 0) is 90.4 Å². The van der Waals surface area contributed by atoms with E-state index in [4.69, 9.17) is 11.1 Å². The van der Waals surface area contributed by atoms with Crippen LogP contribution < -0.4 is 0 Å². The van der Waals surface area contributed by atoms with Gasteiger partial charge < -0.3 is 0 Å². The molecule has 0 aliphatic heterocycles. The summed E-state index contributed by atoms with van der Waals surface area (Å²) in [5.74, 6) is 5.68. The van der Waals surface area contributed by atoms with Crippen molar-refractivity contribution in [2.75, 3.05) is 0 Å². The Kier molecular flexibility index (Phi) is 5.30. The molecule has 6 atom stereocenters. The third-order valence-corrected chi connectivity index (χ3v) is 11.8. The van der Waals surface area contributed by atoms with Crippen LogP contribution in [0.4, 0.5) is 0 Å². The van der Waals surface area contributed by atoms with E-state index in [9.17, 15) is 0 Å². The normalized spacial score (nSPS) is 42.8. The van der Waals surface area contributed by atoms with Crippen molar-refractivity contribution in [2.45, 2.75) is 98.7 Å². The molecule has 6 unspecified atom stereocenters. The Balaban J connectivity index is 1.88. The van der Waals surface area contributed by atoms with Crippen molar-refractivity contribution >= 4 is 18.5 Å². The van der Waals surface area contributed by atoms with Gasteiger partial charge in [0.25, 0.3) is 0 Å². The highest BCUT2D eigenvalue weighted by Crippen LogP contribution is 2.66. The van der Waals surface area contributed by atoms with Gasteiger partial charge in [-0.1, -0.05) is 54.6 Å². The van der Waals surface area contributed by atoms with Gasteiger partial charge in [-0.25, -0.2) is 0 Å². The summed E-state index contributed by atoms with van der Waals surface area (Å²) in [6.45, 7) is 19.7. The summed E-state index contributed by atoms with van der Waals surface area (Å²) in [4.78, 5) is 0. The van der Waals surface area contributed by atoms with Gasteiger partial charge in [0.1, 0.15) is 0 Å². The first kappa shape index (κ1) is 20.2. The number of halogens is 1. The SMILES string of the molecule is CC(C)(C)C1CCC2C3CCC(C(C)(C)C)CC3C([Si](C)(C)Cl)C2C1. The number of rotatable bonds is 1. The van der Waals surface area contributed by atoms with Crippen molar-refractivity contribution < 1.29 is 0 Å². The standard InChI is InChI=1S/C23H43ClSi/c1-22(2,3)15-9-11-17-18-12-10-16(23(4,5)6)14-20(18)21(19(17)13-15)25(7,8)24/h15-21H,9-14H2,1-8H3. The molecule has 0 nitrogen and oxygen atoms in total. The number of fused-ring (bicyclic) bond motifs is 3. The second-order valence-electron chi connectivity index (χ2n) is 12.5. The Hall–Kier alpha value is 0.507. The predicted octanol–water partition coefficient (Wildman–Crippen LogP) is 7.97. The molecule has 3 aliphatic rings. The third-order valence-electron chi connectivity index (χ3n) is 8.62. The number of hydrogen-bond donors (Lipinski definition) is 0. The van der Waals surface area contributed by atoms with Crippen molar-refractivity contribution in [3.63, 3.8) is 0 Å². The lowest BCUT2D eigenvalue weighted by Crippen LogP contribution is -2.38. The molecule has 3 aliphatic carbocycles. The second-order valence-corrected chi connectivity index (χ2v) is 19.2. The van der Waals surface area contributed by atoms with Gasteiger partial charge >= 0.3 is 0 Å². The van der Waals surface area contributed by atoms with E-state index in [1.807, 2.05) is 0 Å². The van der Waals surface area contributed by atoms with E-state index in [-0.39, 0.29) is 0 Å². The van der Waals surface area contributed by atoms with Crippen molar-refractivity contribution in [3.05, 3.63) is 0 Å². The van der Waals surface area contributed by atoms with Gasteiger partial charge in [-0.2, -0.15) is 11.1 Å². The largest absolute Gasteiger partial charge is 0.167 e. The fourth-order valence-electron chi connectivity index (χ4n) is 7.26. The molecular weight excluding hydrogens is 340 g/mol. The molecule has 3 fully saturated rings. The molecule has 0 radical (unpaired) electrons. The highest BCUT2D eigenvalue weighted by molar-refractivity contribution is 7.19. The molecule has 0 spiro atoms. The molecular formula is C23H43ClSi. The molecule has 0 saturated heterocycles. The van der Waals surface area contributed by atoms with E-state index in [0.29, 0.717) is 10.8 Å². The smallest absolute Gasteiger partial charge is 0.154 e.